The lowest BCUT2D eigenvalue weighted by Gasteiger charge is -2.16. The first-order chi connectivity index (χ1) is 9.04. The van der Waals surface area contributed by atoms with Crippen LogP contribution in [0.3, 0.4) is 0 Å². The Hall–Kier alpha value is -1.81. The zero-order chi connectivity index (χ0) is 14.0. The highest BCUT2D eigenvalue weighted by Crippen LogP contribution is 2.31. The molecule has 4 heteroatoms. The van der Waals surface area contributed by atoms with Gasteiger partial charge in [-0.05, 0) is 43.3 Å². The molecule has 0 spiro atoms. The Balaban J connectivity index is 2.66. The zero-order valence-corrected chi connectivity index (χ0v) is 10.7. The fourth-order valence-electron chi connectivity index (χ4n) is 2.01. The second kappa shape index (κ2) is 5.45. The fraction of sp³-hybridized carbons (Fsp3) is 0.200. The number of nitrogens with one attached hydrogen (secondary N) is 1. The van der Waals surface area contributed by atoms with Gasteiger partial charge < -0.3 is 5.32 Å². The van der Waals surface area contributed by atoms with Crippen molar-refractivity contribution >= 4 is 0 Å². The first-order valence-corrected chi connectivity index (χ1v) is 5.95. The molecule has 0 aliphatic heterocycles. The van der Waals surface area contributed by atoms with Gasteiger partial charge in [0.1, 0.15) is 5.82 Å². The van der Waals surface area contributed by atoms with E-state index in [4.69, 9.17) is 0 Å². The summed E-state index contributed by atoms with van der Waals surface area (Å²) in [4.78, 5) is 0. The Morgan fingerprint density at radius 2 is 1.74 bits per heavy atom. The van der Waals surface area contributed by atoms with Gasteiger partial charge in [0.25, 0.3) is 0 Å². The van der Waals surface area contributed by atoms with Gasteiger partial charge in [0.15, 0.2) is 11.6 Å². The summed E-state index contributed by atoms with van der Waals surface area (Å²) in [6, 6.07) is 7.91. The van der Waals surface area contributed by atoms with Gasteiger partial charge in [-0.25, -0.2) is 13.2 Å². The van der Waals surface area contributed by atoms with E-state index in [0.717, 1.165) is 6.07 Å². The minimum atomic E-state index is -0.961. The van der Waals surface area contributed by atoms with Crippen LogP contribution in [-0.2, 0) is 0 Å². The van der Waals surface area contributed by atoms with E-state index in [2.05, 4.69) is 5.32 Å². The van der Waals surface area contributed by atoms with E-state index in [1.807, 2.05) is 6.92 Å². The number of halogens is 3. The normalized spacial score (nSPS) is 12.5. The van der Waals surface area contributed by atoms with Crippen LogP contribution in [0.5, 0.6) is 0 Å². The molecule has 0 radical (unpaired) electrons. The predicted octanol–water partition coefficient (Wildman–Crippen LogP) is 4.05. The van der Waals surface area contributed by atoms with Gasteiger partial charge in [0.2, 0.25) is 0 Å². The van der Waals surface area contributed by atoms with Crippen molar-refractivity contribution in [1.82, 2.24) is 5.32 Å². The maximum atomic E-state index is 13.8. The minimum Gasteiger partial charge on any atom is -0.313 e. The molecule has 2 rings (SSSR count). The largest absolute Gasteiger partial charge is 0.313 e. The number of benzene rings is 2. The third kappa shape index (κ3) is 2.63. The molecule has 1 atom stereocenters. The van der Waals surface area contributed by atoms with Gasteiger partial charge in [-0.3, -0.25) is 0 Å². The highest BCUT2D eigenvalue weighted by atomic mass is 19.2. The summed E-state index contributed by atoms with van der Waals surface area (Å²) in [5, 5.41) is 3.01. The Morgan fingerprint density at radius 1 is 1.00 bits per heavy atom. The molecule has 0 heterocycles. The predicted molar refractivity (Wildman–Crippen MR) is 69.2 cm³/mol. The molecule has 100 valence electrons. The number of rotatable bonds is 3. The monoisotopic (exact) mass is 265 g/mol. The third-order valence-corrected chi connectivity index (χ3v) is 3.16. The average Bonchev–Trinajstić information content (AvgIpc) is 2.41. The van der Waals surface area contributed by atoms with Crippen molar-refractivity contribution in [1.29, 1.82) is 0 Å². The fourth-order valence-corrected chi connectivity index (χ4v) is 2.01. The van der Waals surface area contributed by atoms with Crippen LogP contribution in [-0.4, -0.2) is 7.05 Å². The van der Waals surface area contributed by atoms with E-state index in [1.165, 1.54) is 24.3 Å². The van der Waals surface area contributed by atoms with Crippen LogP contribution in [0.4, 0.5) is 13.2 Å². The third-order valence-electron chi connectivity index (χ3n) is 3.16. The lowest BCUT2D eigenvalue weighted by molar-refractivity contribution is 0.510. The van der Waals surface area contributed by atoms with Gasteiger partial charge >= 0.3 is 0 Å². The molecule has 0 saturated carbocycles. The molecule has 0 fully saturated rings. The molecule has 19 heavy (non-hydrogen) atoms. The second-order valence-electron chi connectivity index (χ2n) is 4.34. The van der Waals surface area contributed by atoms with Gasteiger partial charge in [-0.15, -0.1) is 0 Å². The molecule has 0 saturated heterocycles. The Bertz CT molecular complexity index is 596. The van der Waals surface area contributed by atoms with E-state index >= 15 is 0 Å². The highest BCUT2D eigenvalue weighted by Gasteiger charge is 2.16. The summed E-state index contributed by atoms with van der Waals surface area (Å²) in [5.41, 5.74) is 1.14. The first-order valence-electron chi connectivity index (χ1n) is 5.95. The summed E-state index contributed by atoms with van der Waals surface area (Å²) in [6.45, 7) is 1.87. The Labute approximate surface area is 110 Å². The molecule has 1 unspecified atom stereocenters. The average molecular weight is 265 g/mol. The molecular weight excluding hydrogens is 251 g/mol. The van der Waals surface area contributed by atoms with Crippen LogP contribution in [0.2, 0.25) is 0 Å². The van der Waals surface area contributed by atoms with E-state index in [1.54, 1.807) is 13.1 Å². The van der Waals surface area contributed by atoms with Gasteiger partial charge in [0.05, 0.1) is 0 Å². The molecule has 0 aliphatic carbocycles. The van der Waals surface area contributed by atoms with Crippen LogP contribution >= 0.6 is 0 Å². The van der Waals surface area contributed by atoms with Crippen LogP contribution in [0.1, 0.15) is 18.5 Å². The first kappa shape index (κ1) is 13.6. The zero-order valence-electron chi connectivity index (χ0n) is 10.7. The second-order valence-corrected chi connectivity index (χ2v) is 4.34. The smallest absolute Gasteiger partial charge is 0.166 e. The van der Waals surface area contributed by atoms with E-state index in [0.29, 0.717) is 11.1 Å². The molecule has 0 amide bonds. The standard InChI is InChI=1S/C15H14F3N/c1-9(19-2)11-7-6-10(16)8-13(11)12-4-3-5-14(17)15(12)18/h3-9,19H,1-2H3. The van der Waals surface area contributed by atoms with Crippen LogP contribution in [0.25, 0.3) is 11.1 Å². The summed E-state index contributed by atoms with van der Waals surface area (Å²) < 4.78 is 40.5. The maximum Gasteiger partial charge on any atom is 0.166 e. The van der Waals surface area contributed by atoms with Crippen molar-refractivity contribution < 1.29 is 13.2 Å². The lowest BCUT2D eigenvalue weighted by atomic mass is 9.95. The SMILES string of the molecule is CNC(C)c1ccc(F)cc1-c1cccc(F)c1F. The summed E-state index contributed by atoms with van der Waals surface area (Å²) in [5.74, 6) is -2.38. The summed E-state index contributed by atoms with van der Waals surface area (Å²) in [7, 11) is 1.75. The lowest BCUT2D eigenvalue weighted by Crippen LogP contribution is -2.13. The molecule has 0 bridgehead atoms. The summed E-state index contributed by atoms with van der Waals surface area (Å²) in [6.07, 6.45) is 0. The number of hydrogen-bond donors (Lipinski definition) is 1. The van der Waals surface area contributed by atoms with Gasteiger partial charge in [-0.1, -0.05) is 18.2 Å². The molecule has 2 aromatic carbocycles. The van der Waals surface area contributed by atoms with Crippen LogP contribution in [0, 0.1) is 17.5 Å². The van der Waals surface area contributed by atoms with Crippen LogP contribution < -0.4 is 5.32 Å². The summed E-state index contributed by atoms with van der Waals surface area (Å²) >= 11 is 0. The van der Waals surface area contributed by atoms with E-state index in [9.17, 15) is 13.2 Å². The van der Waals surface area contributed by atoms with E-state index < -0.39 is 17.5 Å². The molecule has 1 N–H and O–H groups in total. The Morgan fingerprint density at radius 3 is 2.42 bits per heavy atom. The minimum absolute atomic E-state index is 0.0663. The van der Waals surface area contributed by atoms with Gasteiger partial charge in [-0.2, -0.15) is 0 Å². The quantitative estimate of drug-likeness (QED) is 0.882. The molecule has 0 aliphatic rings. The Kier molecular flexibility index (Phi) is 3.90. The number of hydrogen-bond acceptors (Lipinski definition) is 1. The molecule has 0 aromatic heterocycles. The van der Waals surface area contributed by atoms with Gasteiger partial charge in [0, 0.05) is 11.6 Å². The van der Waals surface area contributed by atoms with E-state index in [-0.39, 0.29) is 11.6 Å². The molecule has 1 nitrogen and oxygen atoms in total. The van der Waals surface area contributed by atoms with Crippen molar-refractivity contribution in [3.63, 3.8) is 0 Å². The highest BCUT2D eigenvalue weighted by molar-refractivity contribution is 5.68. The molecular formula is C15H14F3N. The topological polar surface area (TPSA) is 12.0 Å². The van der Waals surface area contributed by atoms with Crippen molar-refractivity contribution in [2.45, 2.75) is 13.0 Å². The molecule has 2 aromatic rings. The maximum absolute atomic E-state index is 13.8. The van der Waals surface area contributed by atoms with Crippen LogP contribution in [0.15, 0.2) is 36.4 Å². The van der Waals surface area contributed by atoms with Crippen molar-refractivity contribution in [3.05, 3.63) is 59.4 Å². The van der Waals surface area contributed by atoms with Crippen molar-refractivity contribution in [2.75, 3.05) is 7.05 Å². The van der Waals surface area contributed by atoms with Crippen molar-refractivity contribution in [3.8, 4) is 11.1 Å². The van der Waals surface area contributed by atoms with Crippen molar-refractivity contribution in [2.24, 2.45) is 0 Å².